The Labute approximate surface area is 346 Å². The van der Waals surface area contributed by atoms with Gasteiger partial charge in [-0.1, -0.05) is 54.1 Å². The number of halogens is 4. The number of alkyl halides is 3. The van der Waals surface area contributed by atoms with Gasteiger partial charge in [-0.25, -0.2) is 0 Å². The van der Waals surface area contributed by atoms with E-state index in [1.165, 1.54) is 19.2 Å². The number of rotatable bonds is 15. The number of aromatic nitrogens is 2. The number of ether oxygens (including phenoxy) is 2. The third-order valence-electron chi connectivity index (χ3n) is 11.8. The molecular weight excluding hydrogens is 783 g/mol. The van der Waals surface area contributed by atoms with Crippen LogP contribution in [0.4, 0.5) is 13.2 Å². The summed E-state index contributed by atoms with van der Waals surface area (Å²) in [6.07, 6.45) is 1.66. The molecule has 0 radical (unpaired) electrons. The second kappa shape index (κ2) is 18.0. The summed E-state index contributed by atoms with van der Waals surface area (Å²) in [5.41, 5.74) is 4.51. The van der Waals surface area contributed by atoms with Crippen molar-refractivity contribution in [1.82, 2.24) is 25.3 Å². The smallest absolute Gasteiger partial charge is 0.416 e. The van der Waals surface area contributed by atoms with Gasteiger partial charge in [-0.3, -0.25) is 19.2 Å². The van der Waals surface area contributed by atoms with Gasteiger partial charge < -0.3 is 25.2 Å². The molecule has 3 N–H and O–H groups in total. The number of methoxy groups -OCH3 is 2. The minimum absolute atomic E-state index is 0.0308. The highest BCUT2D eigenvalue weighted by atomic mass is 35.5. The van der Waals surface area contributed by atoms with Crippen LogP contribution in [0.1, 0.15) is 67.2 Å². The van der Waals surface area contributed by atoms with E-state index in [1.54, 1.807) is 18.0 Å². The van der Waals surface area contributed by atoms with Crippen LogP contribution < -0.4 is 20.1 Å². The fraction of sp³-hybridized carbons (Fsp3) is 0.400. The number of hydrogen-bond acceptors (Lipinski definition) is 7. The molecule has 1 unspecified atom stereocenters. The molecule has 1 amide bonds. The number of fused-ring (bicyclic) bond motifs is 1. The average Bonchev–Trinajstić information content (AvgIpc) is 3.83. The van der Waals surface area contributed by atoms with Crippen molar-refractivity contribution in [3.05, 3.63) is 100 Å². The number of aliphatic carboxylic acids is 1. The van der Waals surface area contributed by atoms with Gasteiger partial charge in [0.2, 0.25) is 5.91 Å². The molecule has 5 aromatic rings. The number of carbonyl (C=O) groups is 2. The SMILES string of the molecule is COc1cc(-c2cccc(-c3cccc4c3cnn4Cc3cc(OC)c(CN(C)C4CCC(CC(=O)O)CC4)cc3C(F)(F)F)c2Cl)ccc1CNCC1CCC(=O)N1. The molecule has 1 aliphatic carbocycles. The monoisotopic (exact) mass is 831 g/mol. The lowest BCUT2D eigenvalue weighted by Crippen LogP contribution is -2.35. The van der Waals surface area contributed by atoms with Crippen LogP contribution >= 0.6 is 11.6 Å². The molecule has 59 heavy (non-hydrogen) atoms. The van der Waals surface area contributed by atoms with E-state index in [-0.39, 0.29) is 49.0 Å². The number of carbonyl (C=O) groups excluding carboxylic acids is 1. The van der Waals surface area contributed by atoms with Crippen LogP contribution in [0, 0.1) is 5.92 Å². The largest absolute Gasteiger partial charge is 0.496 e. The molecule has 1 saturated carbocycles. The van der Waals surface area contributed by atoms with Crippen molar-refractivity contribution >= 4 is 34.4 Å². The molecule has 4 aromatic carbocycles. The van der Waals surface area contributed by atoms with Crippen LogP contribution in [-0.4, -0.2) is 71.6 Å². The summed E-state index contributed by atoms with van der Waals surface area (Å²) in [6.45, 7) is 1.33. The Hall–Kier alpha value is -5.11. The van der Waals surface area contributed by atoms with Gasteiger partial charge in [0.05, 0.1) is 43.1 Å². The van der Waals surface area contributed by atoms with Gasteiger partial charge in [-0.05, 0) is 86.0 Å². The highest BCUT2D eigenvalue weighted by molar-refractivity contribution is 6.36. The number of hydrogen-bond donors (Lipinski definition) is 3. The summed E-state index contributed by atoms with van der Waals surface area (Å²) in [4.78, 5) is 24.8. The standard InChI is InChI=1S/C45H49ClF3N5O5/c1-53(33-15-10-27(11-16-33)18-43(56)57)25-31-19-38(45(47,48)49)30(21-41(31)59-3)26-54-39-9-5-7-35(37(39)24-51-54)36-8-4-6-34(44(36)46)28-12-13-29(40(20-28)58-2)22-50-23-32-14-17-42(55)52-32/h4-9,12-13,19-21,24,27,32-33,50H,10-11,14-18,22-23,25-26H2,1-3H3,(H,52,55)(H,56,57). The first-order chi connectivity index (χ1) is 28.3. The van der Waals surface area contributed by atoms with Crippen LogP contribution in [0.3, 0.4) is 0 Å². The molecule has 0 bridgehead atoms. The van der Waals surface area contributed by atoms with Crippen molar-refractivity contribution in [1.29, 1.82) is 0 Å². The molecule has 2 heterocycles. The summed E-state index contributed by atoms with van der Waals surface area (Å²) < 4.78 is 57.3. The second-order valence-corrected chi connectivity index (χ2v) is 16.1. The number of benzene rings is 4. The zero-order chi connectivity index (χ0) is 41.8. The van der Waals surface area contributed by atoms with E-state index in [0.717, 1.165) is 65.3 Å². The fourth-order valence-electron chi connectivity index (χ4n) is 8.67. The second-order valence-electron chi connectivity index (χ2n) is 15.7. The van der Waals surface area contributed by atoms with E-state index in [0.29, 0.717) is 47.1 Å². The van der Waals surface area contributed by atoms with E-state index < -0.39 is 17.7 Å². The molecule has 1 saturated heterocycles. The summed E-state index contributed by atoms with van der Waals surface area (Å²) in [5.74, 6) is 0.462. The maximum Gasteiger partial charge on any atom is 0.416 e. The number of amides is 1. The Morgan fingerprint density at radius 1 is 0.949 bits per heavy atom. The summed E-state index contributed by atoms with van der Waals surface area (Å²) in [5, 5.41) is 21.4. The third-order valence-corrected chi connectivity index (χ3v) is 12.2. The van der Waals surface area contributed by atoms with Crippen molar-refractivity contribution < 1.29 is 37.3 Å². The maximum atomic E-state index is 14.8. The molecule has 2 aliphatic rings. The summed E-state index contributed by atoms with van der Waals surface area (Å²) in [7, 11) is 4.98. The van der Waals surface area contributed by atoms with E-state index in [2.05, 4.69) is 15.7 Å². The number of carboxylic acids is 1. The van der Waals surface area contributed by atoms with Crippen LogP contribution in [0.2, 0.25) is 5.02 Å². The lowest BCUT2D eigenvalue weighted by atomic mass is 9.83. The molecule has 7 rings (SSSR count). The Balaban J connectivity index is 1.12. The normalized spacial score (nSPS) is 18.4. The first kappa shape index (κ1) is 42.0. The molecule has 1 aliphatic heterocycles. The molecule has 1 aromatic heterocycles. The van der Waals surface area contributed by atoms with Gasteiger partial charge in [0.25, 0.3) is 0 Å². The minimum atomic E-state index is -4.63. The molecular formula is C45H49ClF3N5O5. The topological polar surface area (TPSA) is 118 Å². The Morgan fingerprint density at radius 2 is 1.66 bits per heavy atom. The first-order valence-corrected chi connectivity index (χ1v) is 20.3. The van der Waals surface area contributed by atoms with Gasteiger partial charge in [-0.2, -0.15) is 18.3 Å². The Kier molecular flexibility index (Phi) is 12.8. The maximum absolute atomic E-state index is 14.8. The molecule has 1 atom stereocenters. The third kappa shape index (κ3) is 9.53. The Morgan fingerprint density at radius 3 is 2.36 bits per heavy atom. The van der Waals surface area contributed by atoms with Crippen LogP contribution in [-0.2, 0) is 35.4 Å². The quantitative estimate of drug-likeness (QED) is 0.0958. The van der Waals surface area contributed by atoms with Crippen LogP contribution in [0.5, 0.6) is 11.5 Å². The lowest BCUT2D eigenvalue weighted by molar-refractivity contribution is -0.139. The molecule has 14 heteroatoms. The average molecular weight is 832 g/mol. The zero-order valence-electron chi connectivity index (χ0n) is 33.4. The van der Waals surface area contributed by atoms with Crippen molar-refractivity contribution in [2.75, 3.05) is 27.8 Å². The molecule has 0 spiro atoms. The van der Waals surface area contributed by atoms with E-state index in [4.69, 9.17) is 21.1 Å². The van der Waals surface area contributed by atoms with Gasteiger partial charge >= 0.3 is 12.1 Å². The zero-order valence-corrected chi connectivity index (χ0v) is 34.1. The predicted octanol–water partition coefficient (Wildman–Crippen LogP) is 8.94. The number of carboxylic acid groups (broad SMARTS) is 1. The fourth-order valence-corrected chi connectivity index (χ4v) is 9.00. The predicted molar refractivity (Wildman–Crippen MR) is 222 cm³/mol. The minimum Gasteiger partial charge on any atom is -0.496 e. The van der Waals surface area contributed by atoms with Crippen molar-refractivity contribution in [2.45, 2.75) is 82.8 Å². The van der Waals surface area contributed by atoms with Gasteiger partial charge in [0.1, 0.15) is 11.5 Å². The van der Waals surface area contributed by atoms with Crippen molar-refractivity contribution in [3.63, 3.8) is 0 Å². The number of nitrogens with zero attached hydrogens (tertiary/aromatic N) is 3. The highest BCUT2D eigenvalue weighted by Crippen LogP contribution is 2.42. The van der Waals surface area contributed by atoms with Gasteiger partial charge in [-0.15, -0.1) is 0 Å². The van der Waals surface area contributed by atoms with Gasteiger partial charge in [0, 0.05) is 72.2 Å². The number of nitrogens with one attached hydrogen (secondary N) is 2. The van der Waals surface area contributed by atoms with E-state index in [1.807, 2.05) is 66.5 Å². The first-order valence-electron chi connectivity index (χ1n) is 19.9. The Bertz CT molecular complexity index is 2320. The van der Waals surface area contributed by atoms with Crippen molar-refractivity contribution in [2.24, 2.45) is 5.92 Å². The molecule has 10 nitrogen and oxygen atoms in total. The van der Waals surface area contributed by atoms with Gasteiger partial charge in [0.15, 0.2) is 0 Å². The summed E-state index contributed by atoms with van der Waals surface area (Å²) in [6, 6.07) is 20.2. The van der Waals surface area contributed by atoms with E-state index >= 15 is 0 Å². The van der Waals surface area contributed by atoms with Crippen LogP contribution in [0.15, 0.2) is 72.9 Å². The van der Waals surface area contributed by atoms with Crippen molar-refractivity contribution in [3.8, 4) is 33.8 Å². The highest BCUT2D eigenvalue weighted by Gasteiger charge is 2.35. The lowest BCUT2D eigenvalue weighted by Gasteiger charge is -2.34. The van der Waals surface area contributed by atoms with E-state index in [9.17, 15) is 27.9 Å². The molecule has 312 valence electrons. The molecule has 2 fully saturated rings. The summed E-state index contributed by atoms with van der Waals surface area (Å²) >= 11 is 7.17. The van der Waals surface area contributed by atoms with Crippen LogP contribution in [0.25, 0.3) is 33.2 Å².